The first kappa shape index (κ1) is 14.7. The fourth-order valence-corrected chi connectivity index (χ4v) is 2.78. The van der Waals surface area contributed by atoms with Crippen molar-refractivity contribution in [3.05, 3.63) is 33.8 Å². The molecule has 1 aromatic carbocycles. The van der Waals surface area contributed by atoms with E-state index in [9.17, 15) is 4.79 Å². The number of hydrogen-bond acceptors (Lipinski definition) is 3. The highest BCUT2D eigenvalue weighted by molar-refractivity contribution is 6.35. The van der Waals surface area contributed by atoms with Crippen LogP contribution in [0.1, 0.15) is 17.9 Å². The van der Waals surface area contributed by atoms with Crippen LogP contribution < -0.4 is 0 Å². The van der Waals surface area contributed by atoms with E-state index in [1.165, 1.54) is 4.90 Å². The fraction of sp³-hybridized carbons (Fsp3) is 0.357. The van der Waals surface area contributed by atoms with Gasteiger partial charge in [-0.05, 0) is 30.0 Å². The van der Waals surface area contributed by atoms with Gasteiger partial charge in [-0.2, -0.15) is 10.5 Å². The van der Waals surface area contributed by atoms with Crippen molar-refractivity contribution in [1.29, 1.82) is 10.5 Å². The monoisotopic (exact) mass is 307 g/mol. The van der Waals surface area contributed by atoms with E-state index in [1.807, 2.05) is 18.2 Å². The van der Waals surface area contributed by atoms with Gasteiger partial charge in [0.05, 0.1) is 12.1 Å². The normalized spacial score (nSPS) is 19.8. The lowest BCUT2D eigenvalue weighted by molar-refractivity contribution is -0.131. The zero-order valence-corrected chi connectivity index (χ0v) is 12.0. The Hall–Kier alpha value is -1.75. The standard InChI is InChI=1S/C14H11Cl2N3O/c15-9-1-2-10(13(16)7-9)11-8-12(11)14(20)19(5-3-17)6-4-18/h1-2,7,11-12H,5-6,8H2/t11-,12-/m1/s1. The number of hydrogen-bond donors (Lipinski definition) is 0. The van der Waals surface area contributed by atoms with Crippen LogP contribution >= 0.6 is 23.2 Å². The average Bonchev–Trinajstić information content (AvgIpc) is 3.18. The number of rotatable bonds is 4. The molecule has 0 bridgehead atoms. The maximum absolute atomic E-state index is 12.2. The molecule has 1 saturated carbocycles. The maximum Gasteiger partial charge on any atom is 0.228 e. The summed E-state index contributed by atoms with van der Waals surface area (Å²) in [5.41, 5.74) is 0.892. The highest BCUT2D eigenvalue weighted by Gasteiger charge is 2.46. The largest absolute Gasteiger partial charge is 0.316 e. The molecule has 0 heterocycles. The van der Waals surface area contributed by atoms with Gasteiger partial charge in [-0.1, -0.05) is 29.3 Å². The molecule has 0 aromatic heterocycles. The number of nitrogens with zero attached hydrogens (tertiary/aromatic N) is 3. The molecule has 0 aliphatic heterocycles. The summed E-state index contributed by atoms with van der Waals surface area (Å²) in [4.78, 5) is 13.5. The minimum Gasteiger partial charge on any atom is -0.316 e. The van der Waals surface area contributed by atoms with Crippen molar-refractivity contribution in [3.63, 3.8) is 0 Å². The van der Waals surface area contributed by atoms with Crippen LogP contribution in [0.4, 0.5) is 0 Å². The SMILES string of the molecule is N#CCN(CC#N)C(=O)[C@@H]1C[C@@H]1c1ccc(Cl)cc1Cl. The van der Waals surface area contributed by atoms with Gasteiger partial charge < -0.3 is 4.90 Å². The molecule has 0 N–H and O–H groups in total. The zero-order chi connectivity index (χ0) is 14.7. The van der Waals surface area contributed by atoms with Gasteiger partial charge in [0.2, 0.25) is 5.91 Å². The summed E-state index contributed by atoms with van der Waals surface area (Å²) in [5.74, 6) is -0.313. The second-order valence-corrected chi connectivity index (χ2v) is 5.47. The van der Waals surface area contributed by atoms with Crippen LogP contribution in [0.25, 0.3) is 0 Å². The molecule has 2 rings (SSSR count). The minimum atomic E-state index is -0.199. The Bertz CT molecular complexity index is 602. The van der Waals surface area contributed by atoms with E-state index < -0.39 is 0 Å². The summed E-state index contributed by atoms with van der Waals surface area (Å²) in [5, 5.41) is 18.5. The molecule has 1 aromatic rings. The molecule has 20 heavy (non-hydrogen) atoms. The Morgan fingerprint density at radius 2 is 1.95 bits per heavy atom. The van der Waals surface area contributed by atoms with Crippen LogP contribution in [-0.4, -0.2) is 23.9 Å². The first-order valence-corrected chi connectivity index (χ1v) is 6.81. The van der Waals surface area contributed by atoms with Gasteiger partial charge in [-0.25, -0.2) is 0 Å². The zero-order valence-electron chi connectivity index (χ0n) is 10.5. The van der Waals surface area contributed by atoms with Crippen LogP contribution in [0.2, 0.25) is 10.0 Å². The van der Waals surface area contributed by atoms with E-state index in [4.69, 9.17) is 33.7 Å². The van der Waals surface area contributed by atoms with Gasteiger partial charge in [0.15, 0.2) is 0 Å². The number of carbonyl (C=O) groups excluding carboxylic acids is 1. The number of amides is 1. The first-order chi connectivity index (χ1) is 9.58. The summed E-state index contributed by atoms with van der Waals surface area (Å²) >= 11 is 12.0. The third-order valence-electron chi connectivity index (χ3n) is 3.30. The van der Waals surface area contributed by atoms with Crippen LogP contribution in [-0.2, 0) is 4.79 Å². The van der Waals surface area contributed by atoms with Crippen molar-refractivity contribution in [2.75, 3.05) is 13.1 Å². The topological polar surface area (TPSA) is 67.9 Å². The third kappa shape index (κ3) is 3.04. The van der Waals surface area contributed by atoms with E-state index in [0.29, 0.717) is 16.5 Å². The van der Waals surface area contributed by atoms with Crippen LogP contribution in [0.3, 0.4) is 0 Å². The third-order valence-corrected chi connectivity index (χ3v) is 3.87. The van der Waals surface area contributed by atoms with E-state index >= 15 is 0 Å². The predicted octanol–water partition coefficient (Wildman–Crippen LogP) is 2.97. The molecule has 1 fully saturated rings. The van der Waals surface area contributed by atoms with Crippen molar-refractivity contribution in [2.45, 2.75) is 12.3 Å². The molecule has 0 saturated heterocycles. The Kier molecular flexibility index (Phi) is 4.49. The molecular weight excluding hydrogens is 297 g/mol. The maximum atomic E-state index is 12.2. The van der Waals surface area contributed by atoms with Crippen molar-refractivity contribution in [3.8, 4) is 12.1 Å². The van der Waals surface area contributed by atoms with Crippen LogP contribution in [0.5, 0.6) is 0 Å². The Morgan fingerprint density at radius 1 is 1.30 bits per heavy atom. The smallest absolute Gasteiger partial charge is 0.228 e. The van der Waals surface area contributed by atoms with Gasteiger partial charge in [-0.3, -0.25) is 4.79 Å². The Balaban J connectivity index is 2.09. The van der Waals surface area contributed by atoms with Gasteiger partial charge in [-0.15, -0.1) is 0 Å². The van der Waals surface area contributed by atoms with Gasteiger partial charge in [0.25, 0.3) is 0 Å². The lowest BCUT2D eigenvalue weighted by Gasteiger charge is -2.15. The molecular formula is C14H11Cl2N3O. The number of carbonyl (C=O) groups is 1. The molecule has 0 spiro atoms. The molecule has 1 aliphatic carbocycles. The summed E-state index contributed by atoms with van der Waals surface area (Å²) in [7, 11) is 0. The second-order valence-electron chi connectivity index (χ2n) is 4.63. The molecule has 2 atom stereocenters. The van der Waals surface area contributed by atoms with Crippen molar-refractivity contribution >= 4 is 29.1 Å². The summed E-state index contributed by atoms with van der Waals surface area (Å²) < 4.78 is 0. The van der Waals surface area contributed by atoms with E-state index in [-0.39, 0.29) is 30.8 Å². The van der Waals surface area contributed by atoms with Gasteiger partial charge in [0, 0.05) is 16.0 Å². The molecule has 1 aliphatic rings. The molecule has 102 valence electrons. The quantitative estimate of drug-likeness (QED) is 0.803. The van der Waals surface area contributed by atoms with Crippen LogP contribution in [0.15, 0.2) is 18.2 Å². The summed E-state index contributed by atoms with van der Waals surface area (Å²) in [6, 6.07) is 9.02. The Morgan fingerprint density at radius 3 is 2.50 bits per heavy atom. The highest BCUT2D eigenvalue weighted by atomic mass is 35.5. The molecule has 4 nitrogen and oxygen atoms in total. The summed E-state index contributed by atoms with van der Waals surface area (Å²) in [6.07, 6.45) is 0.688. The molecule has 1 amide bonds. The number of halogens is 2. The highest BCUT2D eigenvalue weighted by Crippen LogP contribution is 2.50. The average molecular weight is 308 g/mol. The molecule has 0 unspecified atom stereocenters. The Labute approximate surface area is 127 Å². The van der Waals surface area contributed by atoms with Gasteiger partial charge >= 0.3 is 0 Å². The predicted molar refractivity (Wildman–Crippen MR) is 75.1 cm³/mol. The number of benzene rings is 1. The van der Waals surface area contributed by atoms with Crippen LogP contribution in [0, 0.1) is 28.6 Å². The lowest BCUT2D eigenvalue weighted by atomic mass is 10.1. The number of nitriles is 2. The van der Waals surface area contributed by atoms with E-state index in [2.05, 4.69) is 0 Å². The second kappa shape index (κ2) is 6.13. The lowest BCUT2D eigenvalue weighted by Crippen LogP contribution is -2.33. The molecule has 6 heteroatoms. The van der Waals surface area contributed by atoms with Crippen molar-refractivity contribution < 1.29 is 4.79 Å². The fourth-order valence-electron chi connectivity index (χ4n) is 2.23. The van der Waals surface area contributed by atoms with Crippen molar-refractivity contribution in [1.82, 2.24) is 4.90 Å². The van der Waals surface area contributed by atoms with E-state index in [1.54, 1.807) is 12.1 Å². The molecule has 0 radical (unpaired) electrons. The van der Waals surface area contributed by atoms with E-state index in [0.717, 1.165) is 5.56 Å². The summed E-state index contributed by atoms with van der Waals surface area (Å²) in [6.45, 7) is -0.131. The first-order valence-electron chi connectivity index (χ1n) is 6.06. The minimum absolute atomic E-state index is 0.0483. The van der Waals surface area contributed by atoms with Crippen molar-refractivity contribution in [2.24, 2.45) is 5.92 Å². The van der Waals surface area contributed by atoms with Gasteiger partial charge in [0.1, 0.15) is 13.1 Å².